The van der Waals surface area contributed by atoms with E-state index in [-0.39, 0.29) is 23.8 Å². The van der Waals surface area contributed by atoms with E-state index in [1.54, 1.807) is 17.8 Å². The first-order valence-electron chi connectivity index (χ1n) is 16.8. The van der Waals surface area contributed by atoms with E-state index in [4.69, 9.17) is 4.74 Å². The van der Waals surface area contributed by atoms with Crippen LogP contribution in [0.1, 0.15) is 40.4 Å². The second-order valence-electron chi connectivity index (χ2n) is 12.7. The Hall–Kier alpha value is -5.27. The zero-order valence-electron chi connectivity index (χ0n) is 28.1. The minimum absolute atomic E-state index is 0.0611. The number of rotatable bonds is 9. The average Bonchev–Trinajstić information content (AvgIpc) is 3.55. The second kappa shape index (κ2) is 15.3. The predicted octanol–water partition coefficient (Wildman–Crippen LogP) is 4.93. The highest BCUT2D eigenvalue weighted by atomic mass is 19.4. The molecule has 10 nitrogen and oxygen atoms in total. The first-order valence-corrected chi connectivity index (χ1v) is 16.8. The Morgan fingerprint density at radius 2 is 1.65 bits per heavy atom. The quantitative estimate of drug-likeness (QED) is 0.240. The van der Waals surface area contributed by atoms with Gasteiger partial charge in [-0.2, -0.15) is 18.3 Å². The normalized spacial score (nSPS) is 19.6. The average molecular weight is 701 g/mol. The number of benzene rings is 3. The molecule has 3 atom stereocenters. The number of piperidine rings is 1. The number of anilines is 1. The number of halogens is 3. The SMILES string of the molecule is C=C(CN1CC2CC(C1)O2)C(=O)NCc1ccccc1.CCN1C(=O)C(NC(=O)c2cccc(C(F)(F)F)c2)Cc2cnn(-c3ccccc3)c21. The van der Waals surface area contributed by atoms with Crippen LogP contribution in [-0.2, 0) is 33.5 Å². The molecule has 266 valence electrons. The van der Waals surface area contributed by atoms with E-state index >= 15 is 0 Å². The van der Waals surface area contributed by atoms with Crippen molar-refractivity contribution in [3.8, 4) is 5.69 Å². The van der Waals surface area contributed by atoms with Crippen LogP contribution in [0, 0.1) is 0 Å². The van der Waals surface area contributed by atoms with Crippen LogP contribution in [0.3, 0.4) is 0 Å². The van der Waals surface area contributed by atoms with Crippen LogP contribution in [0.4, 0.5) is 19.0 Å². The third-order valence-electron chi connectivity index (χ3n) is 9.00. The van der Waals surface area contributed by atoms with E-state index in [1.807, 2.05) is 60.7 Å². The minimum Gasteiger partial charge on any atom is -0.372 e. The summed E-state index contributed by atoms with van der Waals surface area (Å²) in [6, 6.07) is 22.5. The third-order valence-corrected chi connectivity index (χ3v) is 9.00. The highest BCUT2D eigenvalue weighted by molar-refractivity contribution is 6.04. The molecule has 5 heterocycles. The molecule has 8 rings (SSSR count). The molecule has 1 aromatic heterocycles. The summed E-state index contributed by atoms with van der Waals surface area (Å²) in [6.07, 6.45) is -0.814. The Morgan fingerprint density at radius 3 is 2.29 bits per heavy atom. The van der Waals surface area contributed by atoms with Crippen LogP contribution in [0.25, 0.3) is 5.69 Å². The Morgan fingerprint density at radius 1 is 0.980 bits per heavy atom. The summed E-state index contributed by atoms with van der Waals surface area (Å²) >= 11 is 0. The predicted molar refractivity (Wildman–Crippen MR) is 185 cm³/mol. The Labute approximate surface area is 293 Å². The summed E-state index contributed by atoms with van der Waals surface area (Å²) in [6.45, 7) is 9.08. The number of hydrogen-bond donors (Lipinski definition) is 2. The number of para-hydroxylation sites is 1. The first kappa shape index (κ1) is 35.6. The molecule has 3 saturated heterocycles. The van der Waals surface area contributed by atoms with E-state index < -0.39 is 23.7 Å². The van der Waals surface area contributed by atoms with Gasteiger partial charge in [-0.1, -0.05) is 61.2 Å². The summed E-state index contributed by atoms with van der Waals surface area (Å²) in [5.74, 6) is -0.510. The number of hydrogen-bond acceptors (Lipinski definition) is 6. The molecule has 51 heavy (non-hydrogen) atoms. The molecule has 3 aromatic carbocycles. The number of amides is 3. The molecular formula is C38H39F3N6O4. The standard InChI is InChI=1S/C22H19F3N4O2.C16H20N2O2/c1-2-28-20-15(13-26-29(20)17-9-4-3-5-10-17)12-18(21(28)31)27-19(30)14-7-6-8-16(11-14)22(23,24)25;1-12(9-18-10-14-7-15(11-18)20-14)16(19)17-8-13-5-3-2-4-6-13/h3-11,13,18H,2,12H2,1H3,(H,27,30);2-6,14-15H,1,7-11H2,(H,17,19). The Kier molecular flexibility index (Phi) is 10.7. The highest BCUT2D eigenvalue weighted by Crippen LogP contribution is 2.32. The van der Waals surface area contributed by atoms with Crippen LogP contribution in [0.15, 0.2) is 103 Å². The molecule has 0 aliphatic carbocycles. The smallest absolute Gasteiger partial charge is 0.372 e. The van der Waals surface area contributed by atoms with Crippen molar-refractivity contribution in [2.24, 2.45) is 0 Å². The monoisotopic (exact) mass is 700 g/mol. The van der Waals surface area contributed by atoms with Gasteiger partial charge >= 0.3 is 6.18 Å². The summed E-state index contributed by atoms with van der Waals surface area (Å²) in [7, 11) is 0. The molecule has 3 amide bonds. The van der Waals surface area contributed by atoms with Crippen molar-refractivity contribution in [2.75, 3.05) is 31.1 Å². The van der Waals surface area contributed by atoms with E-state index in [0.29, 0.717) is 43.2 Å². The summed E-state index contributed by atoms with van der Waals surface area (Å²) in [5, 5.41) is 9.89. The molecule has 0 saturated carbocycles. The molecule has 2 N–H and O–H groups in total. The maximum absolute atomic E-state index is 13.1. The number of carbonyl (C=O) groups is 3. The van der Waals surface area contributed by atoms with Gasteiger partial charge < -0.3 is 15.4 Å². The van der Waals surface area contributed by atoms with Crippen molar-refractivity contribution >= 4 is 23.5 Å². The van der Waals surface area contributed by atoms with Crippen molar-refractivity contribution in [3.63, 3.8) is 0 Å². The van der Waals surface area contributed by atoms with Gasteiger partial charge in [0.05, 0.1) is 29.7 Å². The van der Waals surface area contributed by atoms with Gasteiger partial charge in [0, 0.05) is 62.3 Å². The van der Waals surface area contributed by atoms with Gasteiger partial charge in [0.1, 0.15) is 11.9 Å². The summed E-state index contributed by atoms with van der Waals surface area (Å²) in [4.78, 5) is 41.5. The number of carbonyl (C=O) groups excluding carboxylic acids is 3. The number of nitrogens with one attached hydrogen (secondary N) is 2. The molecule has 0 spiro atoms. The van der Waals surface area contributed by atoms with Gasteiger partial charge in [-0.25, -0.2) is 4.68 Å². The Balaban J connectivity index is 0.000000193. The fourth-order valence-electron chi connectivity index (χ4n) is 6.48. The van der Waals surface area contributed by atoms with Gasteiger partial charge in [0.25, 0.3) is 11.8 Å². The number of alkyl halides is 3. The summed E-state index contributed by atoms with van der Waals surface area (Å²) < 4.78 is 46.1. The van der Waals surface area contributed by atoms with Crippen LogP contribution in [-0.4, -0.2) is 76.8 Å². The molecule has 4 aromatic rings. The second-order valence-corrected chi connectivity index (χ2v) is 12.7. The molecule has 2 bridgehead atoms. The largest absolute Gasteiger partial charge is 0.416 e. The van der Waals surface area contributed by atoms with E-state index in [2.05, 4.69) is 27.2 Å². The van der Waals surface area contributed by atoms with Gasteiger partial charge in [-0.15, -0.1) is 0 Å². The number of aromatic nitrogens is 2. The van der Waals surface area contributed by atoms with Crippen LogP contribution in [0.5, 0.6) is 0 Å². The first-order chi connectivity index (χ1) is 24.5. The van der Waals surface area contributed by atoms with Gasteiger partial charge in [-0.05, 0) is 42.8 Å². The maximum Gasteiger partial charge on any atom is 0.416 e. The molecule has 3 unspecified atom stereocenters. The molecule has 3 fully saturated rings. The Bertz CT molecular complexity index is 1870. The van der Waals surface area contributed by atoms with E-state index in [1.165, 1.54) is 23.5 Å². The number of morpholine rings is 1. The highest BCUT2D eigenvalue weighted by Gasteiger charge is 2.39. The van der Waals surface area contributed by atoms with E-state index in [0.717, 1.165) is 42.0 Å². The van der Waals surface area contributed by atoms with Crippen molar-refractivity contribution in [1.82, 2.24) is 25.3 Å². The zero-order chi connectivity index (χ0) is 36.1. The zero-order valence-corrected chi connectivity index (χ0v) is 28.1. The lowest BCUT2D eigenvalue weighted by Crippen LogP contribution is -2.57. The molecule has 4 aliphatic rings. The van der Waals surface area contributed by atoms with Gasteiger partial charge in [-0.3, -0.25) is 24.2 Å². The summed E-state index contributed by atoms with van der Waals surface area (Å²) in [5.41, 5.74) is 2.21. The fraction of sp³-hybridized carbons (Fsp3) is 0.316. The molecule has 4 aliphatic heterocycles. The lowest BCUT2D eigenvalue weighted by Gasteiger charge is -2.47. The lowest BCUT2D eigenvalue weighted by molar-refractivity contribution is -0.179. The van der Waals surface area contributed by atoms with E-state index in [9.17, 15) is 27.6 Å². The van der Waals surface area contributed by atoms with Gasteiger partial charge in [0.2, 0.25) is 5.91 Å². The van der Waals surface area contributed by atoms with Crippen LogP contribution >= 0.6 is 0 Å². The topological polar surface area (TPSA) is 109 Å². The maximum atomic E-state index is 13.1. The number of fused-ring (bicyclic) bond motifs is 3. The molecule has 0 radical (unpaired) electrons. The van der Waals surface area contributed by atoms with Crippen molar-refractivity contribution in [2.45, 2.75) is 50.7 Å². The minimum atomic E-state index is -4.56. The van der Waals surface area contributed by atoms with Gasteiger partial charge in [0.15, 0.2) is 0 Å². The van der Waals surface area contributed by atoms with Crippen molar-refractivity contribution in [1.29, 1.82) is 0 Å². The lowest BCUT2D eigenvalue weighted by atomic mass is 9.98. The molecular weight excluding hydrogens is 661 g/mol. The van der Waals surface area contributed by atoms with Crippen molar-refractivity contribution < 1.29 is 32.3 Å². The van der Waals surface area contributed by atoms with Crippen molar-refractivity contribution in [3.05, 3.63) is 126 Å². The molecule has 13 heteroatoms. The number of nitrogens with zero attached hydrogens (tertiary/aromatic N) is 4. The number of ether oxygens (including phenoxy) is 1. The number of likely N-dealkylation sites (N-methyl/N-ethyl adjacent to an activating group) is 1. The van der Waals surface area contributed by atoms with Crippen LogP contribution in [0.2, 0.25) is 0 Å². The fourth-order valence-corrected chi connectivity index (χ4v) is 6.48. The van der Waals surface area contributed by atoms with Crippen LogP contribution < -0.4 is 15.5 Å². The third kappa shape index (κ3) is 8.38.